The van der Waals surface area contributed by atoms with Gasteiger partial charge in [0.2, 0.25) is 11.8 Å². The lowest BCUT2D eigenvalue weighted by Gasteiger charge is -2.36. The molecule has 148 valence electrons. The van der Waals surface area contributed by atoms with Crippen molar-refractivity contribution in [3.8, 4) is 0 Å². The lowest BCUT2D eigenvalue weighted by Crippen LogP contribution is -2.50. The molecular formula is C22H33N3O2. The number of hydrogen-bond acceptors (Lipinski definition) is 3. The zero-order valence-electron chi connectivity index (χ0n) is 17.0. The van der Waals surface area contributed by atoms with Crippen molar-refractivity contribution in [2.45, 2.75) is 40.2 Å². The Kier molecular flexibility index (Phi) is 6.53. The van der Waals surface area contributed by atoms with E-state index in [-0.39, 0.29) is 17.7 Å². The molecule has 1 atom stereocenters. The minimum atomic E-state index is -0.145. The summed E-state index contributed by atoms with van der Waals surface area (Å²) in [6.45, 7) is 12.1. The molecule has 0 aromatic heterocycles. The van der Waals surface area contributed by atoms with Crippen LogP contribution in [0.25, 0.3) is 0 Å². The zero-order valence-corrected chi connectivity index (χ0v) is 17.0. The molecule has 0 bridgehead atoms. The van der Waals surface area contributed by atoms with E-state index in [1.54, 1.807) is 0 Å². The quantitative estimate of drug-likeness (QED) is 0.772. The van der Waals surface area contributed by atoms with Gasteiger partial charge >= 0.3 is 0 Å². The first-order valence-electron chi connectivity index (χ1n) is 10.3. The second kappa shape index (κ2) is 8.87. The summed E-state index contributed by atoms with van der Waals surface area (Å²) in [4.78, 5) is 31.3. The Labute approximate surface area is 163 Å². The molecule has 0 radical (unpaired) electrons. The highest BCUT2D eigenvalue weighted by atomic mass is 16.2. The van der Waals surface area contributed by atoms with Gasteiger partial charge in [-0.05, 0) is 24.8 Å². The second-order valence-corrected chi connectivity index (χ2v) is 8.51. The van der Waals surface area contributed by atoms with Gasteiger partial charge < -0.3 is 9.80 Å². The molecule has 1 aromatic carbocycles. The predicted molar refractivity (Wildman–Crippen MR) is 107 cm³/mol. The van der Waals surface area contributed by atoms with Crippen LogP contribution in [0.2, 0.25) is 0 Å². The highest BCUT2D eigenvalue weighted by Crippen LogP contribution is 2.22. The summed E-state index contributed by atoms with van der Waals surface area (Å²) in [6.07, 6.45) is 1.39. The summed E-state index contributed by atoms with van der Waals surface area (Å²) >= 11 is 0. The van der Waals surface area contributed by atoms with Crippen LogP contribution in [-0.2, 0) is 16.1 Å². The maximum Gasteiger partial charge on any atom is 0.228 e. The molecule has 3 rings (SSSR count). The van der Waals surface area contributed by atoms with Crippen molar-refractivity contribution in [2.75, 3.05) is 39.3 Å². The summed E-state index contributed by atoms with van der Waals surface area (Å²) in [6, 6.07) is 8.67. The third-order valence-electron chi connectivity index (χ3n) is 5.75. The zero-order chi connectivity index (χ0) is 19.4. The van der Waals surface area contributed by atoms with Gasteiger partial charge in [-0.15, -0.1) is 0 Å². The Morgan fingerprint density at radius 3 is 2.41 bits per heavy atom. The number of carbonyl (C=O) groups is 2. The molecule has 1 unspecified atom stereocenters. The van der Waals surface area contributed by atoms with Crippen molar-refractivity contribution in [2.24, 2.45) is 11.8 Å². The minimum absolute atomic E-state index is 0.145. The van der Waals surface area contributed by atoms with Gasteiger partial charge in [0.1, 0.15) is 0 Å². The molecule has 5 nitrogen and oxygen atoms in total. The highest BCUT2D eigenvalue weighted by molar-refractivity contribution is 5.89. The summed E-state index contributed by atoms with van der Waals surface area (Å²) in [7, 11) is 0. The molecule has 0 spiro atoms. The molecular weight excluding hydrogens is 338 g/mol. The Morgan fingerprint density at radius 2 is 1.78 bits per heavy atom. The van der Waals surface area contributed by atoms with E-state index in [9.17, 15) is 9.59 Å². The first kappa shape index (κ1) is 19.9. The maximum absolute atomic E-state index is 12.9. The highest BCUT2D eigenvalue weighted by Gasteiger charge is 2.37. The van der Waals surface area contributed by atoms with Gasteiger partial charge in [0, 0.05) is 52.2 Å². The first-order chi connectivity index (χ1) is 12.9. The molecule has 5 heteroatoms. The lowest BCUT2D eigenvalue weighted by molar-refractivity contribution is -0.137. The number of carbonyl (C=O) groups excluding carboxylic acids is 2. The molecule has 0 N–H and O–H groups in total. The van der Waals surface area contributed by atoms with Crippen LogP contribution in [0.3, 0.4) is 0 Å². The first-order valence-corrected chi connectivity index (χ1v) is 10.3. The van der Waals surface area contributed by atoms with Gasteiger partial charge in [-0.2, -0.15) is 0 Å². The number of hydrogen-bond donors (Lipinski definition) is 0. The fourth-order valence-electron chi connectivity index (χ4n) is 3.90. The van der Waals surface area contributed by atoms with E-state index >= 15 is 0 Å². The molecule has 2 saturated heterocycles. The Bertz CT molecular complexity index is 648. The molecule has 0 aliphatic carbocycles. The fourth-order valence-corrected chi connectivity index (χ4v) is 3.90. The van der Waals surface area contributed by atoms with Crippen molar-refractivity contribution >= 4 is 11.8 Å². The normalized spacial score (nSPS) is 21.3. The number of rotatable bonds is 6. The third kappa shape index (κ3) is 5.32. The van der Waals surface area contributed by atoms with Crippen LogP contribution in [0.1, 0.15) is 37.8 Å². The molecule has 27 heavy (non-hydrogen) atoms. The predicted octanol–water partition coefficient (Wildman–Crippen LogP) is 2.53. The Balaban J connectivity index is 1.45. The molecule has 2 heterocycles. The SMILES string of the molecule is Cc1ccc(CN2CCN(C(=O)C3CC(=O)N(CCC(C)C)C3)CC2)cc1. The van der Waals surface area contributed by atoms with E-state index in [2.05, 4.69) is 49.9 Å². The van der Waals surface area contributed by atoms with E-state index in [4.69, 9.17) is 0 Å². The Morgan fingerprint density at radius 1 is 1.11 bits per heavy atom. The number of aryl methyl sites for hydroxylation is 1. The van der Waals surface area contributed by atoms with Crippen molar-refractivity contribution in [1.82, 2.24) is 14.7 Å². The molecule has 1 aromatic rings. The van der Waals surface area contributed by atoms with E-state index in [0.29, 0.717) is 18.9 Å². The van der Waals surface area contributed by atoms with Crippen LogP contribution < -0.4 is 0 Å². The summed E-state index contributed by atoms with van der Waals surface area (Å²) in [5.41, 5.74) is 2.60. The van der Waals surface area contributed by atoms with E-state index in [0.717, 1.165) is 45.7 Å². The summed E-state index contributed by atoms with van der Waals surface area (Å²) < 4.78 is 0. The topological polar surface area (TPSA) is 43.9 Å². The third-order valence-corrected chi connectivity index (χ3v) is 5.75. The smallest absolute Gasteiger partial charge is 0.228 e. The van der Waals surface area contributed by atoms with Crippen molar-refractivity contribution in [3.63, 3.8) is 0 Å². The van der Waals surface area contributed by atoms with Crippen LogP contribution in [0.5, 0.6) is 0 Å². The van der Waals surface area contributed by atoms with Gasteiger partial charge in [0.05, 0.1) is 5.92 Å². The molecule has 2 amide bonds. The van der Waals surface area contributed by atoms with E-state index in [1.807, 2.05) is 9.80 Å². The van der Waals surface area contributed by atoms with Gasteiger partial charge in [-0.25, -0.2) is 0 Å². The Hall–Kier alpha value is -1.88. The number of likely N-dealkylation sites (tertiary alicyclic amines) is 1. The maximum atomic E-state index is 12.9. The van der Waals surface area contributed by atoms with Gasteiger partial charge in [-0.1, -0.05) is 43.7 Å². The van der Waals surface area contributed by atoms with Crippen LogP contribution >= 0.6 is 0 Å². The van der Waals surface area contributed by atoms with Crippen molar-refractivity contribution in [1.29, 1.82) is 0 Å². The van der Waals surface area contributed by atoms with E-state index in [1.165, 1.54) is 11.1 Å². The summed E-state index contributed by atoms with van der Waals surface area (Å²) in [5.74, 6) is 0.750. The van der Waals surface area contributed by atoms with Gasteiger partial charge in [-0.3, -0.25) is 14.5 Å². The van der Waals surface area contributed by atoms with Crippen LogP contribution in [0, 0.1) is 18.8 Å². The number of nitrogens with zero attached hydrogens (tertiary/aromatic N) is 3. The number of piperazine rings is 1. The monoisotopic (exact) mass is 371 g/mol. The number of amides is 2. The minimum Gasteiger partial charge on any atom is -0.342 e. The van der Waals surface area contributed by atoms with Gasteiger partial charge in [0.15, 0.2) is 0 Å². The van der Waals surface area contributed by atoms with Crippen molar-refractivity contribution < 1.29 is 9.59 Å². The molecule has 2 aliphatic rings. The largest absolute Gasteiger partial charge is 0.342 e. The van der Waals surface area contributed by atoms with Crippen LogP contribution in [-0.4, -0.2) is 65.8 Å². The molecule has 2 fully saturated rings. The van der Waals surface area contributed by atoms with Crippen LogP contribution in [0.4, 0.5) is 0 Å². The van der Waals surface area contributed by atoms with Crippen molar-refractivity contribution in [3.05, 3.63) is 35.4 Å². The summed E-state index contributed by atoms with van der Waals surface area (Å²) in [5, 5.41) is 0. The number of benzene rings is 1. The van der Waals surface area contributed by atoms with E-state index < -0.39 is 0 Å². The average molecular weight is 372 g/mol. The van der Waals surface area contributed by atoms with Crippen LogP contribution in [0.15, 0.2) is 24.3 Å². The standard InChI is InChI=1S/C22H33N3O2/c1-17(2)8-9-25-16-20(14-21(25)26)22(27)24-12-10-23(11-13-24)15-19-6-4-18(3)5-7-19/h4-7,17,20H,8-16H2,1-3H3. The van der Waals surface area contributed by atoms with Gasteiger partial charge in [0.25, 0.3) is 0 Å². The lowest BCUT2D eigenvalue weighted by atomic mass is 10.1. The fraction of sp³-hybridized carbons (Fsp3) is 0.636. The second-order valence-electron chi connectivity index (χ2n) is 8.51. The molecule has 2 aliphatic heterocycles. The average Bonchev–Trinajstić information content (AvgIpc) is 3.03. The molecule has 0 saturated carbocycles.